The first-order chi connectivity index (χ1) is 8.59. The Hall–Kier alpha value is -0.940. The highest BCUT2D eigenvalue weighted by Gasteiger charge is 2.18. The summed E-state index contributed by atoms with van der Waals surface area (Å²) in [6, 6.07) is 3.60. The second-order valence-electron chi connectivity index (χ2n) is 4.42. The van der Waals surface area contributed by atoms with Crippen LogP contribution >= 0.6 is 0 Å². The molecule has 0 bridgehead atoms. The normalized spacial score (nSPS) is 13.4. The molecule has 1 aromatic heterocycles. The van der Waals surface area contributed by atoms with Crippen molar-refractivity contribution >= 4 is 10.0 Å². The van der Waals surface area contributed by atoms with Crippen LogP contribution in [0, 0.1) is 0 Å². The Bertz CT molecular complexity index is 432. The van der Waals surface area contributed by atoms with Crippen LogP contribution in [0.15, 0.2) is 24.5 Å². The quantitative estimate of drug-likeness (QED) is 0.790. The third kappa shape index (κ3) is 5.14. The molecule has 102 valence electrons. The van der Waals surface area contributed by atoms with Gasteiger partial charge in [0.1, 0.15) is 0 Å². The first-order valence-electron chi connectivity index (χ1n) is 6.49. The summed E-state index contributed by atoms with van der Waals surface area (Å²) in [6.07, 6.45) is 6.91. The minimum atomic E-state index is -3.19. The predicted octanol–water partition coefficient (Wildman–Crippen LogP) is 2.64. The molecule has 18 heavy (non-hydrogen) atoms. The van der Waals surface area contributed by atoms with Gasteiger partial charge in [-0.25, -0.2) is 13.1 Å². The van der Waals surface area contributed by atoms with E-state index in [1.807, 2.05) is 19.1 Å². The first-order valence-corrected chi connectivity index (χ1v) is 8.14. The summed E-state index contributed by atoms with van der Waals surface area (Å²) < 4.78 is 26.5. The SMILES string of the molecule is CCCCC(NS(=O)(=O)CCC)c1cccnc1. The topological polar surface area (TPSA) is 59.1 Å². The summed E-state index contributed by atoms with van der Waals surface area (Å²) in [5.41, 5.74) is 0.936. The van der Waals surface area contributed by atoms with Crippen molar-refractivity contribution in [2.75, 3.05) is 5.75 Å². The van der Waals surface area contributed by atoms with E-state index in [1.165, 1.54) is 0 Å². The van der Waals surface area contributed by atoms with Crippen LogP contribution in [0.3, 0.4) is 0 Å². The standard InChI is InChI=1S/C13H22N2O2S/c1-3-5-8-13(12-7-6-9-14-11-12)15-18(16,17)10-4-2/h6-7,9,11,13,15H,3-5,8,10H2,1-2H3. The monoisotopic (exact) mass is 270 g/mol. The average Bonchev–Trinajstić information content (AvgIpc) is 2.35. The maximum absolute atomic E-state index is 11.8. The Labute approximate surface area is 110 Å². The van der Waals surface area contributed by atoms with E-state index in [1.54, 1.807) is 12.4 Å². The number of hydrogen-bond acceptors (Lipinski definition) is 3. The fraction of sp³-hybridized carbons (Fsp3) is 0.615. The molecule has 0 fully saturated rings. The summed E-state index contributed by atoms with van der Waals surface area (Å²) in [7, 11) is -3.19. The van der Waals surface area contributed by atoms with Crippen LogP contribution in [-0.4, -0.2) is 19.2 Å². The Balaban J connectivity index is 2.79. The molecule has 0 saturated heterocycles. The highest BCUT2D eigenvalue weighted by molar-refractivity contribution is 7.89. The van der Waals surface area contributed by atoms with Gasteiger partial charge in [0.25, 0.3) is 0 Å². The minimum absolute atomic E-state index is 0.157. The van der Waals surface area contributed by atoms with Gasteiger partial charge in [0, 0.05) is 18.4 Å². The lowest BCUT2D eigenvalue weighted by atomic mass is 10.0. The Kier molecular flexibility index (Phi) is 6.29. The van der Waals surface area contributed by atoms with Gasteiger partial charge in [-0.15, -0.1) is 0 Å². The fourth-order valence-electron chi connectivity index (χ4n) is 1.83. The molecule has 0 aromatic carbocycles. The predicted molar refractivity (Wildman–Crippen MR) is 73.7 cm³/mol. The summed E-state index contributed by atoms with van der Waals surface area (Å²) in [4.78, 5) is 4.05. The molecule has 1 rings (SSSR count). The number of nitrogens with zero attached hydrogens (tertiary/aromatic N) is 1. The molecule has 5 heteroatoms. The van der Waals surface area contributed by atoms with E-state index >= 15 is 0 Å². The lowest BCUT2D eigenvalue weighted by Gasteiger charge is -2.18. The molecule has 1 unspecified atom stereocenters. The van der Waals surface area contributed by atoms with Crippen LogP contribution in [0.1, 0.15) is 51.1 Å². The molecule has 1 heterocycles. The number of hydrogen-bond donors (Lipinski definition) is 1. The Morgan fingerprint density at radius 1 is 1.33 bits per heavy atom. The van der Waals surface area contributed by atoms with Gasteiger partial charge in [0.15, 0.2) is 0 Å². The van der Waals surface area contributed by atoms with Crippen LogP contribution < -0.4 is 4.72 Å². The van der Waals surface area contributed by atoms with Crippen molar-refractivity contribution in [2.45, 2.75) is 45.6 Å². The molecular weight excluding hydrogens is 248 g/mol. The highest BCUT2D eigenvalue weighted by atomic mass is 32.2. The second kappa shape index (κ2) is 7.48. The van der Waals surface area contributed by atoms with E-state index in [2.05, 4.69) is 16.6 Å². The lowest BCUT2D eigenvalue weighted by molar-refractivity contribution is 0.524. The van der Waals surface area contributed by atoms with Crippen molar-refractivity contribution < 1.29 is 8.42 Å². The maximum Gasteiger partial charge on any atom is 0.212 e. The van der Waals surface area contributed by atoms with Crippen LogP contribution in [0.25, 0.3) is 0 Å². The van der Waals surface area contributed by atoms with E-state index in [0.29, 0.717) is 6.42 Å². The zero-order valence-electron chi connectivity index (χ0n) is 11.1. The van der Waals surface area contributed by atoms with E-state index in [-0.39, 0.29) is 11.8 Å². The maximum atomic E-state index is 11.8. The molecule has 0 aliphatic heterocycles. The molecule has 1 aromatic rings. The van der Waals surface area contributed by atoms with Gasteiger partial charge in [-0.3, -0.25) is 4.98 Å². The molecule has 1 atom stereocenters. The number of pyridine rings is 1. The molecule has 0 aliphatic carbocycles. The zero-order valence-corrected chi connectivity index (χ0v) is 11.9. The fourth-order valence-corrected chi connectivity index (χ4v) is 3.17. The molecule has 4 nitrogen and oxygen atoms in total. The zero-order chi connectivity index (χ0) is 13.4. The van der Waals surface area contributed by atoms with Crippen LogP contribution in [-0.2, 0) is 10.0 Å². The van der Waals surface area contributed by atoms with Gasteiger partial charge in [-0.1, -0.05) is 32.8 Å². The summed E-state index contributed by atoms with van der Waals surface area (Å²) in [5.74, 6) is 0.176. The molecule has 0 aliphatic rings. The molecule has 1 N–H and O–H groups in total. The average molecular weight is 270 g/mol. The van der Waals surface area contributed by atoms with Gasteiger partial charge in [0.2, 0.25) is 10.0 Å². The van der Waals surface area contributed by atoms with Crippen molar-refractivity contribution in [3.8, 4) is 0 Å². The van der Waals surface area contributed by atoms with E-state index in [4.69, 9.17) is 0 Å². The molecule has 0 radical (unpaired) electrons. The van der Waals surface area contributed by atoms with Gasteiger partial charge >= 0.3 is 0 Å². The first kappa shape index (κ1) is 15.1. The van der Waals surface area contributed by atoms with Crippen LogP contribution in [0.5, 0.6) is 0 Å². The third-order valence-corrected chi connectivity index (χ3v) is 4.32. The Morgan fingerprint density at radius 2 is 2.11 bits per heavy atom. The summed E-state index contributed by atoms with van der Waals surface area (Å²) >= 11 is 0. The van der Waals surface area contributed by atoms with Gasteiger partial charge in [0.05, 0.1) is 5.75 Å². The number of unbranched alkanes of at least 4 members (excludes halogenated alkanes) is 1. The Morgan fingerprint density at radius 3 is 2.67 bits per heavy atom. The van der Waals surface area contributed by atoms with Gasteiger partial charge in [-0.05, 0) is 24.5 Å². The van der Waals surface area contributed by atoms with Crippen LogP contribution in [0.2, 0.25) is 0 Å². The van der Waals surface area contributed by atoms with Crippen molar-refractivity contribution in [3.05, 3.63) is 30.1 Å². The van der Waals surface area contributed by atoms with Crippen molar-refractivity contribution in [1.29, 1.82) is 0 Å². The van der Waals surface area contributed by atoms with E-state index in [0.717, 1.165) is 24.8 Å². The molecule has 0 saturated carbocycles. The smallest absolute Gasteiger partial charge is 0.212 e. The number of rotatable bonds is 8. The number of nitrogens with one attached hydrogen (secondary N) is 1. The third-order valence-electron chi connectivity index (χ3n) is 2.73. The highest BCUT2D eigenvalue weighted by Crippen LogP contribution is 2.19. The van der Waals surface area contributed by atoms with Gasteiger partial charge < -0.3 is 0 Å². The number of aromatic nitrogens is 1. The summed E-state index contributed by atoms with van der Waals surface area (Å²) in [5, 5.41) is 0. The minimum Gasteiger partial charge on any atom is -0.264 e. The van der Waals surface area contributed by atoms with Crippen LogP contribution in [0.4, 0.5) is 0 Å². The van der Waals surface area contributed by atoms with Crippen molar-refractivity contribution in [3.63, 3.8) is 0 Å². The van der Waals surface area contributed by atoms with Crippen molar-refractivity contribution in [2.24, 2.45) is 0 Å². The second-order valence-corrected chi connectivity index (χ2v) is 6.29. The summed E-state index contributed by atoms with van der Waals surface area (Å²) in [6.45, 7) is 3.96. The van der Waals surface area contributed by atoms with E-state index < -0.39 is 10.0 Å². The molecule has 0 spiro atoms. The molecule has 0 amide bonds. The van der Waals surface area contributed by atoms with Crippen molar-refractivity contribution in [1.82, 2.24) is 9.71 Å². The lowest BCUT2D eigenvalue weighted by Crippen LogP contribution is -2.30. The van der Waals surface area contributed by atoms with Gasteiger partial charge in [-0.2, -0.15) is 0 Å². The number of sulfonamides is 1. The largest absolute Gasteiger partial charge is 0.264 e. The molecular formula is C13H22N2O2S. The van der Waals surface area contributed by atoms with E-state index in [9.17, 15) is 8.42 Å².